The molecule has 1 amide bonds. The van der Waals surface area contributed by atoms with Gasteiger partial charge in [0.15, 0.2) is 6.10 Å². The van der Waals surface area contributed by atoms with E-state index in [4.69, 9.17) is 27.9 Å². The molecule has 0 unspecified atom stereocenters. The van der Waals surface area contributed by atoms with Crippen LogP contribution in [0.15, 0.2) is 41.3 Å². The third kappa shape index (κ3) is 4.88. The molecule has 0 aliphatic rings. The van der Waals surface area contributed by atoms with Crippen molar-refractivity contribution in [3.05, 3.63) is 57.6 Å². The van der Waals surface area contributed by atoms with Gasteiger partial charge in [0, 0.05) is 5.02 Å². The van der Waals surface area contributed by atoms with Gasteiger partial charge in [0.25, 0.3) is 15.9 Å². The molecule has 1 atom stereocenters. The lowest BCUT2D eigenvalue weighted by Gasteiger charge is -2.17. The fourth-order valence-corrected chi connectivity index (χ4v) is 3.66. The third-order valence-corrected chi connectivity index (χ3v) is 5.68. The van der Waals surface area contributed by atoms with Crippen molar-refractivity contribution >= 4 is 39.1 Å². The van der Waals surface area contributed by atoms with Crippen LogP contribution in [-0.4, -0.2) is 20.4 Å². The topological polar surface area (TPSA) is 84.5 Å². The lowest BCUT2D eigenvalue weighted by molar-refractivity contribution is -0.127. The minimum absolute atomic E-state index is 0.0177. The number of benzene rings is 2. The second-order valence-electron chi connectivity index (χ2n) is 5.63. The van der Waals surface area contributed by atoms with Crippen molar-refractivity contribution in [3.63, 3.8) is 0 Å². The van der Waals surface area contributed by atoms with Crippen molar-refractivity contribution in [2.75, 3.05) is 0 Å². The van der Waals surface area contributed by atoms with Crippen LogP contribution >= 0.6 is 23.2 Å². The summed E-state index contributed by atoms with van der Waals surface area (Å²) in [6.07, 6.45) is -0.923. The van der Waals surface area contributed by atoms with Gasteiger partial charge in [-0.2, -0.15) is 0 Å². The predicted octanol–water partition coefficient (Wildman–Crippen LogP) is 3.39. The van der Waals surface area contributed by atoms with E-state index in [1.165, 1.54) is 25.1 Å². The van der Waals surface area contributed by atoms with E-state index >= 15 is 0 Å². The second kappa shape index (κ2) is 8.26. The Morgan fingerprint density at radius 2 is 1.85 bits per heavy atom. The number of amides is 1. The number of rotatable bonds is 6. The minimum atomic E-state index is -4.08. The van der Waals surface area contributed by atoms with Gasteiger partial charge in [0.2, 0.25) is 0 Å². The van der Waals surface area contributed by atoms with Gasteiger partial charge >= 0.3 is 0 Å². The predicted molar refractivity (Wildman–Crippen MR) is 101 cm³/mol. The largest absolute Gasteiger partial charge is 0.481 e. The highest BCUT2D eigenvalue weighted by atomic mass is 35.5. The van der Waals surface area contributed by atoms with Crippen LogP contribution in [0.5, 0.6) is 5.75 Å². The van der Waals surface area contributed by atoms with E-state index in [0.717, 1.165) is 11.1 Å². The van der Waals surface area contributed by atoms with Crippen molar-refractivity contribution < 1.29 is 17.9 Å². The Bertz CT molecular complexity index is 932. The fourth-order valence-electron chi connectivity index (χ4n) is 2.05. The first-order valence-corrected chi connectivity index (χ1v) is 9.85. The number of ether oxygens (including phenoxy) is 1. The van der Waals surface area contributed by atoms with E-state index in [2.05, 4.69) is 5.43 Å². The number of halogens is 2. The molecule has 0 saturated carbocycles. The zero-order valence-electron chi connectivity index (χ0n) is 14.3. The molecule has 0 radical (unpaired) electrons. The molecule has 0 bridgehead atoms. The quantitative estimate of drug-likeness (QED) is 0.706. The van der Waals surface area contributed by atoms with Gasteiger partial charge in [-0.25, -0.2) is 8.42 Å². The van der Waals surface area contributed by atoms with Crippen LogP contribution in [0.4, 0.5) is 0 Å². The number of hydrogen-bond donors (Lipinski definition) is 2. The molecule has 2 aromatic rings. The van der Waals surface area contributed by atoms with Crippen molar-refractivity contribution in [2.45, 2.75) is 31.8 Å². The molecular weight excluding hydrogens is 399 g/mol. The number of carbonyl (C=O) groups is 1. The fraction of sp³-hybridized carbons (Fsp3) is 0.235. The van der Waals surface area contributed by atoms with Crippen LogP contribution in [0, 0.1) is 13.8 Å². The van der Waals surface area contributed by atoms with Gasteiger partial charge in [-0.3, -0.25) is 10.2 Å². The van der Waals surface area contributed by atoms with Crippen LogP contribution in [-0.2, 0) is 14.8 Å². The highest BCUT2D eigenvalue weighted by Gasteiger charge is 2.22. The van der Waals surface area contributed by atoms with E-state index in [0.29, 0.717) is 5.75 Å². The Kier molecular flexibility index (Phi) is 6.52. The molecule has 0 aromatic heterocycles. The smallest absolute Gasteiger partial charge is 0.275 e. The molecule has 6 nitrogen and oxygen atoms in total. The van der Waals surface area contributed by atoms with Gasteiger partial charge in [0.1, 0.15) is 10.6 Å². The molecule has 140 valence electrons. The van der Waals surface area contributed by atoms with Crippen molar-refractivity contribution in [3.8, 4) is 5.75 Å². The van der Waals surface area contributed by atoms with Crippen LogP contribution in [0.3, 0.4) is 0 Å². The maximum absolute atomic E-state index is 12.3. The highest BCUT2D eigenvalue weighted by molar-refractivity contribution is 7.89. The maximum atomic E-state index is 12.3. The van der Waals surface area contributed by atoms with Gasteiger partial charge < -0.3 is 4.74 Å². The molecule has 2 aromatic carbocycles. The molecular formula is C17H18Cl2N2O4S. The van der Waals surface area contributed by atoms with Crippen LogP contribution in [0.25, 0.3) is 0 Å². The molecule has 0 aliphatic carbocycles. The summed E-state index contributed by atoms with van der Waals surface area (Å²) in [5, 5.41) is 0.184. The molecule has 2 N–H and O–H groups in total. The van der Waals surface area contributed by atoms with Gasteiger partial charge in [-0.15, -0.1) is 4.83 Å². The standard InChI is InChI=1S/C17H18Cl2N2O4S/c1-10-5-4-6-15(11(10)2)25-12(3)17(22)20-21-26(23,24)16-9-13(18)7-8-14(16)19/h4-9,12,21H,1-3H3,(H,20,22)/t12-/m0/s1. The number of carbonyl (C=O) groups excluding carboxylic acids is 1. The molecule has 0 fully saturated rings. The monoisotopic (exact) mass is 416 g/mol. The molecule has 0 heterocycles. The summed E-state index contributed by atoms with van der Waals surface area (Å²) in [4.78, 5) is 13.9. The SMILES string of the molecule is Cc1cccc(O[C@@H](C)C(=O)NNS(=O)(=O)c2cc(Cl)ccc2Cl)c1C. The number of sulfonamides is 1. The van der Waals surface area contributed by atoms with Crippen LogP contribution < -0.4 is 15.0 Å². The third-order valence-electron chi connectivity index (χ3n) is 3.72. The summed E-state index contributed by atoms with van der Waals surface area (Å²) in [7, 11) is -4.08. The van der Waals surface area contributed by atoms with E-state index in [9.17, 15) is 13.2 Å². The summed E-state index contributed by atoms with van der Waals surface area (Å²) in [5.74, 6) is -0.110. The van der Waals surface area contributed by atoms with Gasteiger partial charge in [0.05, 0.1) is 5.02 Å². The van der Waals surface area contributed by atoms with Crippen LogP contribution in [0.2, 0.25) is 10.0 Å². The second-order valence-corrected chi connectivity index (χ2v) is 8.12. The number of aryl methyl sites for hydroxylation is 1. The average Bonchev–Trinajstić information content (AvgIpc) is 2.58. The van der Waals surface area contributed by atoms with E-state index in [-0.39, 0.29) is 14.9 Å². The molecule has 0 spiro atoms. The Morgan fingerprint density at radius 3 is 2.54 bits per heavy atom. The summed E-state index contributed by atoms with van der Waals surface area (Å²) in [6.45, 7) is 5.31. The zero-order valence-corrected chi connectivity index (χ0v) is 16.7. The Morgan fingerprint density at radius 1 is 1.15 bits per heavy atom. The van der Waals surface area contributed by atoms with Crippen molar-refractivity contribution in [2.24, 2.45) is 0 Å². The zero-order chi connectivity index (χ0) is 19.5. The lowest BCUT2D eigenvalue weighted by atomic mass is 10.1. The molecule has 2 rings (SSSR count). The minimum Gasteiger partial charge on any atom is -0.481 e. The molecule has 9 heteroatoms. The Balaban J connectivity index is 2.05. The number of hydrazine groups is 1. The van der Waals surface area contributed by atoms with Gasteiger partial charge in [-0.05, 0) is 56.2 Å². The van der Waals surface area contributed by atoms with E-state index in [1.54, 1.807) is 6.07 Å². The first kappa shape index (κ1) is 20.5. The number of nitrogens with one attached hydrogen (secondary N) is 2. The first-order valence-electron chi connectivity index (χ1n) is 7.61. The lowest BCUT2D eigenvalue weighted by Crippen LogP contribution is -2.47. The van der Waals surface area contributed by atoms with Crippen molar-refractivity contribution in [1.29, 1.82) is 0 Å². The Hall–Kier alpha value is -1.80. The molecule has 0 saturated heterocycles. The number of hydrogen-bond acceptors (Lipinski definition) is 4. The maximum Gasteiger partial charge on any atom is 0.275 e. The summed E-state index contributed by atoms with van der Waals surface area (Å²) in [6, 6.07) is 9.48. The highest BCUT2D eigenvalue weighted by Crippen LogP contribution is 2.24. The van der Waals surface area contributed by atoms with E-state index in [1.807, 2.05) is 30.8 Å². The molecule has 26 heavy (non-hydrogen) atoms. The summed E-state index contributed by atoms with van der Waals surface area (Å²) in [5.41, 5.74) is 4.04. The molecule has 0 aliphatic heterocycles. The van der Waals surface area contributed by atoms with Crippen LogP contribution in [0.1, 0.15) is 18.1 Å². The van der Waals surface area contributed by atoms with Gasteiger partial charge in [-0.1, -0.05) is 35.3 Å². The Labute approximate surface area is 162 Å². The first-order chi connectivity index (χ1) is 12.1. The van der Waals surface area contributed by atoms with E-state index < -0.39 is 22.0 Å². The average molecular weight is 417 g/mol. The normalized spacial score (nSPS) is 12.5. The summed E-state index contributed by atoms with van der Waals surface area (Å²) < 4.78 is 30.2. The summed E-state index contributed by atoms with van der Waals surface area (Å²) >= 11 is 11.7. The van der Waals surface area contributed by atoms with Crippen molar-refractivity contribution in [1.82, 2.24) is 10.3 Å².